The Morgan fingerprint density at radius 1 is 1.17 bits per heavy atom. The first-order valence-electron chi connectivity index (χ1n) is 8.03. The molecule has 24 heavy (non-hydrogen) atoms. The Morgan fingerprint density at radius 3 is 2.62 bits per heavy atom. The number of ether oxygens (including phenoxy) is 1. The zero-order valence-corrected chi connectivity index (χ0v) is 14.8. The smallest absolute Gasteiger partial charge is 0.233 e. The van der Waals surface area contributed by atoms with Crippen LogP contribution < -0.4 is 0 Å². The first-order chi connectivity index (χ1) is 11.6. The number of amides is 1. The van der Waals surface area contributed by atoms with E-state index in [0.717, 1.165) is 16.3 Å². The number of hydrogen-bond donors (Lipinski definition) is 0. The molecule has 1 aliphatic rings. The van der Waals surface area contributed by atoms with Crippen LogP contribution in [0.4, 0.5) is 0 Å². The van der Waals surface area contributed by atoms with Crippen LogP contribution in [0.2, 0.25) is 0 Å². The minimum absolute atomic E-state index is 0.128. The summed E-state index contributed by atoms with van der Waals surface area (Å²) in [6, 6.07) is 10.2. The van der Waals surface area contributed by atoms with E-state index in [1.807, 2.05) is 17.0 Å². The fraction of sp³-hybridized carbons (Fsp3) is 0.389. The van der Waals surface area contributed by atoms with Gasteiger partial charge in [0.15, 0.2) is 0 Å². The summed E-state index contributed by atoms with van der Waals surface area (Å²) in [5, 5.41) is 9.34. The lowest BCUT2D eigenvalue weighted by Crippen LogP contribution is -2.41. The third kappa shape index (κ3) is 4.13. The van der Waals surface area contributed by atoms with Gasteiger partial charge in [0.25, 0.3) is 0 Å². The summed E-state index contributed by atoms with van der Waals surface area (Å²) in [5.74, 6) is 0.515. The molecule has 6 heteroatoms. The number of thioether (sulfide) groups is 1. The Kier molecular flexibility index (Phi) is 5.48. The number of carbonyl (C=O) groups excluding carboxylic acids is 1. The number of rotatable bonds is 4. The Bertz CT molecular complexity index is 713. The molecule has 5 nitrogen and oxygen atoms in total. The van der Waals surface area contributed by atoms with Gasteiger partial charge in [-0.25, -0.2) is 0 Å². The number of aromatic nitrogens is 2. The van der Waals surface area contributed by atoms with Crippen LogP contribution in [-0.4, -0.2) is 53.1 Å². The van der Waals surface area contributed by atoms with Crippen LogP contribution in [0.25, 0.3) is 11.3 Å². The van der Waals surface area contributed by atoms with E-state index < -0.39 is 0 Å². The monoisotopic (exact) mass is 343 g/mol. The highest BCUT2D eigenvalue weighted by molar-refractivity contribution is 7.99. The van der Waals surface area contributed by atoms with Crippen LogP contribution in [0, 0.1) is 13.8 Å². The van der Waals surface area contributed by atoms with E-state index in [1.54, 1.807) is 0 Å². The standard InChI is InChI=1S/C18H21N3O2S/c1-13-3-4-15(14(2)11-13)16-5-6-17(20-19-16)24-12-18(22)21-7-9-23-10-8-21/h3-6,11H,7-10,12H2,1-2H3. The highest BCUT2D eigenvalue weighted by Crippen LogP contribution is 2.23. The van der Waals surface area contributed by atoms with E-state index in [0.29, 0.717) is 32.1 Å². The fourth-order valence-electron chi connectivity index (χ4n) is 2.68. The molecule has 3 rings (SSSR count). The van der Waals surface area contributed by atoms with Crippen molar-refractivity contribution in [1.82, 2.24) is 15.1 Å². The molecular weight excluding hydrogens is 322 g/mol. The molecule has 1 aliphatic heterocycles. The molecule has 126 valence electrons. The fourth-order valence-corrected chi connectivity index (χ4v) is 3.40. The van der Waals surface area contributed by atoms with Gasteiger partial charge < -0.3 is 9.64 Å². The number of nitrogens with zero attached hydrogens (tertiary/aromatic N) is 3. The van der Waals surface area contributed by atoms with Crippen molar-refractivity contribution >= 4 is 17.7 Å². The number of carbonyl (C=O) groups is 1. The molecule has 0 bridgehead atoms. The molecule has 0 radical (unpaired) electrons. The Balaban J connectivity index is 1.61. The van der Waals surface area contributed by atoms with Crippen molar-refractivity contribution < 1.29 is 9.53 Å². The predicted molar refractivity (Wildman–Crippen MR) is 95.1 cm³/mol. The summed E-state index contributed by atoms with van der Waals surface area (Å²) < 4.78 is 5.26. The quantitative estimate of drug-likeness (QED) is 0.799. The minimum atomic E-state index is 0.128. The third-order valence-electron chi connectivity index (χ3n) is 4.01. The summed E-state index contributed by atoms with van der Waals surface area (Å²) in [5.41, 5.74) is 4.37. The summed E-state index contributed by atoms with van der Waals surface area (Å²) in [6.07, 6.45) is 0. The van der Waals surface area contributed by atoms with Crippen LogP contribution >= 0.6 is 11.8 Å². The number of benzene rings is 1. The third-order valence-corrected chi connectivity index (χ3v) is 4.91. The van der Waals surface area contributed by atoms with E-state index in [-0.39, 0.29) is 5.91 Å². The Labute approximate surface area is 146 Å². The highest BCUT2D eigenvalue weighted by atomic mass is 32.2. The largest absolute Gasteiger partial charge is 0.378 e. The molecule has 0 N–H and O–H groups in total. The van der Waals surface area contributed by atoms with Crippen LogP contribution in [-0.2, 0) is 9.53 Å². The predicted octanol–water partition coefficient (Wildman–Crippen LogP) is 2.71. The molecule has 0 unspecified atom stereocenters. The Hall–Kier alpha value is -1.92. The molecule has 1 aromatic heterocycles. The summed E-state index contributed by atoms with van der Waals surface area (Å²) in [7, 11) is 0. The maximum absolute atomic E-state index is 12.1. The molecule has 1 fully saturated rings. The van der Waals surface area contributed by atoms with E-state index in [4.69, 9.17) is 4.74 Å². The highest BCUT2D eigenvalue weighted by Gasteiger charge is 2.17. The van der Waals surface area contributed by atoms with E-state index in [9.17, 15) is 4.79 Å². The van der Waals surface area contributed by atoms with Crippen LogP contribution in [0.1, 0.15) is 11.1 Å². The lowest BCUT2D eigenvalue weighted by molar-refractivity contribution is -0.132. The zero-order chi connectivity index (χ0) is 16.9. The van der Waals surface area contributed by atoms with Crippen LogP contribution in [0.15, 0.2) is 35.4 Å². The Morgan fingerprint density at radius 2 is 1.96 bits per heavy atom. The lowest BCUT2D eigenvalue weighted by Gasteiger charge is -2.26. The molecule has 0 saturated carbocycles. The number of hydrogen-bond acceptors (Lipinski definition) is 5. The zero-order valence-electron chi connectivity index (χ0n) is 14.0. The molecular formula is C18H21N3O2S. The molecule has 2 heterocycles. The van der Waals surface area contributed by atoms with Crippen LogP contribution in [0.5, 0.6) is 0 Å². The second-order valence-corrected chi connectivity index (χ2v) is 6.85. The van der Waals surface area contributed by atoms with Gasteiger partial charge in [0.2, 0.25) is 5.91 Å². The first-order valence-corrected chi connectivity index (χ1v) is 9.02. The molecule has 2 aromatic rings. The van der Waals surface area contributed by atoms with Gasteiger partial charge in [0, 0.05) is 18.7 Å². The summed E-state index contributed by atoms with van der Waals surface area (Å²) >= 11 is 1.43. The van der Waals surface area contributed by atoms with Crippen molar-refractivity contribution in [3.8, 4) is 11.3 Å². The number of aryl methyl sites for hydroxylation is 2. The molecule has 0 spiro atoms. The average Bonchev–Trinajstić information content (AvgIpc) is 2.61. The average molecular weight is 343 g/mol. The van der Waals surface area contributed by atoms with Crippen molar-refractivity contribution in [2.45, 2.75) is 18.9 Å². The summed E-state index contributed by atoms with van der Waals surface area (Å²) in [4.78, 5) is 14.0. The van der Waals surface area contributed by atoms with Crippen molar-refractivity contribution in [3.05, 3.63) is 41.5 Å². The molecule has 1 aromatic carbocycles. The maximum atomic E-state index is 12.1. The van der Waals surface area contributed by atoms with Gasteiger partial charge in [-0.1, -0.05) is 35.5 Å². The minimum Gasteiger partial charge on any atom is -0.378 e. The van der Waals surface area contributed by atoms with E-state index >= 15 is 0 Å². The normalized spacial score (nSPS) is 14.7. The van der Waals surface area contributed by atoms with Gasteiger partial charge in [0.05, 0.1) is 24.7 Å². The van der Waals surface area contributed by atoms with Crippen molar-refractivity contribution in [3.63, 3.8) is 0 Å². The maximum Gasteiger partial charge on any atom is 0.233 e. The van der Waals surface area contributed by atoms with Gasteiger partial charge in [-0.3, -0.25) is 4.79 Å². The van der Waals surface area contributed by atoms with Gasteiger partial charge in [-0.2, -0.15) is 0 Å². The summed E-state index contributed by atoms with van der Waals surface area (Å²) in [6.45, 7) is 6.76. The van der Waals surface area contributed by atoms with Gasteiger partial charge in [-0.15, -0.1) is 10.2 Å². The van der Waals surface area contributed by atoms with E-state index in [2.05, 4.69) is 42.2 Å². The van der Waals surface area contributed by atoms with Gasteiger partial charge in [0.1, 0.15) is 5.03 Å². The van der Waals surface area contributed by atoms with Crippen molar-refractivity contribution in [1.29, 1.82) is 0 Å². The van der Waals surface area contributed by atoms with E-state index in [1.165, 1.54) is 22.9 Å². The van der Waals surface area contributed by atoms with Gasteiger partial charge in [-0.05, 0) is 31.5 Å². The number of morpholine rings is 1. The molecule has 0 aliphatic carbocycles. The van der Waals surface area contributed by atoms with Crippen molar-refractivity contribution in [2.75, 3.05) is 32.1 Å². The van der Waals surface area contributed by atoms with Crippen molar-refractivity contribution in [2.24, 2.45) is 0 Å². The second-order valence-electron chi connectivity index (χ2n) is 5.86. The SMILES string of the molecule is Cc1ccc(-c2ccc(SCC(=O)N3CCOCC3)nn2)c(C)c1. The van der Waals surface area contributed by atoms with Gasteiger partial charge >= 0.3 is 0 Å². The molecule has 1 amide bonds. The second kappa shape index (κ2) is 7.77. The molecule has 1 saturated heterocycles. The first kappa shape index (κ1) is 16.9. The lowest BCUT2D eigenvalue weighted by atomic mass is 10.0. The van der Waals surface area contributed by atoms with Crippen LogP contribution in [0.3, 0.4) is 0 Å². The topological polar surface area (TPSA) is 55.3 Å². The molecule has 0 atom stereocenters.